The van der Waals surface area contributed by atoms with E-state index in [4.69, 9.17) is 5.26 Å². The first-order chi connectivity index (χ1) is 7.74. The second kappa shape index (κ2) is 5.92. The quantitative estimate of drug-likeness (QED) is 0.774. The minimum Gasteiger partial charge on any atom is -0.342 e. The average Bonchev–Trinajstić information content (AvgIpc) is 2.33. The Balaban J connectivity index is 2.92. The third kappa shape index (κ3) is 2.60. The third-order valence-corrected chi connectivity index (χ3v) is 2.58. The maximum absolute atomic E-state index is 12.0. The maximum Gasteiger partial charge on any atom is 0.244 e. The summed E-state index contributed by atoms with van der Waals surface area (Å²) in [6.07, 6.45) is 0. The molecule has 0 saturated heterocycles. The molecule has 1 aromatic rings. The van der Waals surface area contributed by atoms with Gasteiger partial charge in [-0.25, -0.2) is 0 Å². The number of nitrogens with zero attached hydrogens (tertiary/aromatic N) is 2. The van der Waals surface area contributed by atoms with E-state index in [2.05, 4.69) is 6.07 Å². The number of rotatable bonds is 4. The lowest BCUT2D eigenvalue weighted by molar-refractivity contribution is -0.131. The first-order valence-electron chi connectivity index (χ1n) is 5.47. The number of carbonyl (C=O) groups excluding carboxylic acids is 1. The number of nitriles is 1. The molecule has 1 rings (SSSR count). The van der Waals surface area contributed by atoms with Gasteiger partial charge in [0, 0.05) is 13.1 Å². The smallest absolute Gasteiger partial charge is 0.244 e. The molecule has 0 heterocycles. The first kappa shape index (κ1) is 12.3. The molecule has 0 aromatic heterocycles. The van der Waals surface area contributed by atoms with Crippen LogP contribution in [0, 0.1) is 11.3 Å². The minimum atomic E-state index is -0.680. The van der Waals surface area contributed by atoms with E-state index in [1.54, 1.807) is 4.90 Å². The highest BCUT2D eigenvalue weighted by Crippen LogP contribution is 2.17. The Kier molecular flexibility index (Phi) is 4.53. The zero-order valence-electron chi connectivity index (χ0n) is 9.68. The molecule has 0 aliphatic rings. The third-order valence-electron chi connectivity index (χ3n) is 2.58. The van der Waals surface area contributed by atoms with E-state index in [0.717, 1.165) is 5.56 Å². The molecule has 0 spiro atoms. The summed E-state index contributed by atoms with van der Waals surface area (Å²) in [5, 5.41) is 9.09. The topological polar surface area (TPSA) is 44.1 Å². The van der Waals surface area contributed by atoms with Crippen molar-refractivity contribution in [3.63, 3.8) is 0 Å². The van der Waals surface area contributed by atoms with E-state index in [1.807, 2.05) is 44.2 Å². The van der Waals surface area contributed by atoms with Gasteiger partial charge in [0.05, 0.1) is 6.07 Å². The van der Waals surface area contributed by atoms with Crippen LogP contribution in [0.5, 0.6) is 0 Å². The Labute approximate surface area is 96.3 Å². The summed E-state index contributed by atoms with van der Waals surface area (Å²) in [6.45, 7) is 5.11. The van der Waals surface area contributed by atoms with E-state index in [0.29, 0.717) is 13.1 Å². The predicted molar refractivity (Wildman–Crippen MR) is 62.7 cm³/mol. The maximum atomic E-state index is 12.0. The van der Waals surface area contributed by atoms with Crippen molar-refractivity contribution in [2.24, 2.45) is 0 Å². The highest BCUT2D eigenvalue weighted by Gasteiger charge is 2.23. The average molecular weight is 216 g/mol. The number of hydrogen-bond donors (Lipinski definition) is 0. The molecular weight excluding hydrogens is 200 g/mol. The van der Waals surface area contributed by atoms with E-state index in [1.165, 1.54) is 0 Å². The summed E-state index contributed by atoms with van der Waals surface area (Å²) >= 11 is 0. The van der Waals surface area contributed by atoms with Crippen LogP contribution in [0.25, 0.3) is 0 Å². The monoisotopic (exact) mass is 216 g/mol. The van der Waals surface area contributed by atoms with Gasteiger partial charge >= 0.3 is 0 Å². The van der Waals surface area contributed by atoms with Crippen LogP contribution < -0.4 is 0 Å². The summed E-state index contributed by atoms with van der Waals surface area (Å²) in [6, 6.07) is 11.3. The highest BCUT2D eigenvalue weighted by atomic mass is 16.2. The fraction of sp³-hybridized carbons (Fsp3) is 0.385. The van der Waals surface area contributed by atoms with Crippen molar-refractivity contribution in [1.82, 2.24) is 4.90 Å². The van der Waals surface area contributed by atoms with E-state index in [9.17, 15) is 4.79 Å². The molecule has 0 radical (unpaired) electrons. The Morgan fingerprint density at radius 2 is 1.88 bits per heavy atom. The van der Waals surface area contributed by atoms with Gasteiger partial charge in [-0.2, -0.15) is 5.26 Å². The van der Waals surface area contributed by atoms with Gasteiger partial charge in [0.15, 0.2) is 0 Å². The second-order valence-electron chi connectivity index (χ2n) is 3.48. The van der Waals surface area contributed by atoms with Crippen molar-refractivity contribution >= 4 is 5.91 Å². The highest BCUT2D eigenvalue weighted by molar-refractivity contribution is 5.86. The van der Waals surface area contributed by atoms with Crippen molar-refractivity contribution in [2.75, 3.05) is 13.1 Å². The van der Waals surface area contributed by atoms with E-state index >= 15 is 0 Å². The lowest BCUT2D eigenvalue weighted by atomic mass is 9.99. The summed E-state index contributed by atoms with van der Waals surface area (Å²) in [5.41, 5.74) is 0.766. The molecule has 0 bridgehead atoms. The molecule has 0 fully saturated rings. The lowest BCUT2D eigenvalue weighted by Gasteiger charge is -2.21. The van der Waals surface area contributed by atoms with Gasteiger partial charge in [0.25, 0.3) is 0 Å². The van der Waals surface area contributed by atoms with Crippen LogP contribution in [-0.2, 0) is 4.79 Å². The van der Waals surface area contributed by atoms with Gasteiger partial charge in [0.1, 0.15) is 5.92 Å². The fourth-order valence-corrected chi connectivity index (χ4v) is 1.64. The van der Waals surface area contributed by atoms with Crippen molar-refractivity contribution in [3.8, 4) is 6.07 Å². The molecule has 16 heavy (non-hydrogen) atoms. The minimum absolute atomic E-state index is 0.112. The van der Waals surface area contributed by atoms with Gasteiger partial charge < -0.3 is 4.90 Å². The molecule has 0 aliphatic carbocycles. The van der Waals surface area contributed by atoms with E-state index in [-0.39, 0.29) is 5.91 Å². The van der Waals surface area contributed by atoms with Crippen molar-refractivity contribution in [2.45, 2.75) is 19.8 Å². The number of carbonyl (C=O) groups is 1. The molecule has 1 amide bonds. The van der Waals surface area contributed by atoms with Crippen LogP contribution in [0.2, 0.25) is 0 Å². The van der Waals surface area contributed by atoms with Gasteiger partial charge in [-0.05, 0) is 19.4 Å². The standard InChI is InChI=1S/C13H16N2O/c1-3-15(4-2)13(16)12(10-14)11-8-6-5-7-9-11/h5-9,12H,3-4H2,1-2H3. The van der Waals surface area contributed by atoms with Gasteiger partial charge in [0.2, 0.25) is 5.91 Å². The number of benzene rings is 1. The largest absolute Gasteiger partial charge is 0.342 e. The summed E-state index contributed by atoms with van der Waals surface area (Å²) in [4.78, 5) is 13.7. The normalized spacial score (nSPS) is 11.6. The molecule has 1 atom stereocenters. The van der Waals surface area contributed by atoms with Crippen molar-refractivity contribution in [1.29, 1.82) is 5.26 Å². The molecule has 3 nitrogen and oxygen atoms in total. The predicted octanol–water partition coefficient (Wildman–Crippen LogP) is 2.16. The van der Waals surface area contributed by atoms with Crippen molar-refractivity contribution in [3.05, 3.63) is 35.9 Å². The zero-order chi connectivity index (χ0) is 12.0. The van der Waals surface area contributed by atoms with Crippen LogP contribution in [0.15, 0.2) is 30.3 Å². The Bertz CT molecular complexity index is 377. The molecule has 0 N–H and O–H groups in total. The summed E-state index contributed by atoms with van der Waals surface area (Å²) in [5.74, 6) is -0.792. The molecule has 84 valence electrons. The van der Waals surface area contributed by atoms with Gasteiger partial charge in [-0.15, -0.1) is 0 Å². The Morgan fingerprint density at radius 3 is 2.31 bits per heavy atom. The molecule has 0 aliphatic heterocycles. The van der Waals surface area contributed by atoms with Gasteiger partial charge in [-0.1, -0.05) is 30.3 Å². The Morgan fingerprint density at radius 1 is 1.31 bits per heavy atom. The zero-order valence-corrected chi connectivity index (χ0v) is 9.68. The molecule has 0 saturated carbocycles. The number of hydrogen-bond acceptors (Lipinski definition) is 2. The van der Waals surface area contributed by atoms with Crippen LogP contribution >= 0.6 is 0 Å². The second-order valence-corrected chi connectivity index (χ2v) is 3.48. The van der Waals surface area contributed by atoms with Crippen LogP contribution in [0.3, 0.4) is 0 Å². The van der Waals surface area contributed by atoms with Crippen LogP contribution in [0.1, 0.15) is 25.3 Å². The number of likely N-dealkylation sites (N-methyl/N-ethyl adjacent to an activating group) is 1. The lowest BCUT2D eigenvalue weighted by Crippen LogP contribution is -2.34. The Hall–Kier alpha value is -1.82. The molecular formula is C13H16N2O. The summed E-state index contributed by atoms with van der Waals surface area (Å²) in [7, 11) is 0. The van der Waals surface area contributed by atoms with Crippen LogP contribution in [-0.4, -0.2) is 23.9 Å². The van der Waals surface area contributed by atoms with Crippen LogP contribution in [0.4, 0.5) is 0 Å². The molecule has 3 heteroatoms. The number of amides is 1. The SMILES string of the molecule is CCN(CC)C(=O)C(C#N)c1ccccc1. The van der Waals surface area contributed by atoms with E-state index < -0.39 is 5.92 Å². The molecule has 1 unspecified atom stereocenters. The molecule has 1 aromatic carbocycles. The first-order valence-corrected chi connectivity index (χ1v) is 5.47. The fourth-order valence-electron chi connectivity index (χ4n) is 1.64. The van der Waals surface area contributed by atoms with Gasteiger partial charge in [-0.3, -0.25) is 4.79 Å². The van der Waals surface area contributed by atoms with Crippen molar-refractivity contribution < 1.29 is 4.79 Å². The summed E-state index contributed by atoms with van der Waals surface area (Å²) < 4.78 is 0.